The summed E-state index contributed by atoms with van der Waals surface area (Å²) < 4.78 is 5.59. The molecule has 6 nitrogen and oxygen atoms in total. The van der Waals surface area contributed by atoms with Crippen LogP contribution in [0.1, 0.15) is 32.6 Å². The second-order valence-corrected chi connectivity index (χ2v) is 9.15. The van der Waals surface area contributed by atoms with Gasteiger partial charge in [0.2, 0.25) is 0 Å². The van der Waals surface area contributed by atoms with Crippen LogP contribution in [0.3, 0.4) is 0 Å². The number of aryl methyl sites for hydroxylation is 3. The lowest BCUT2D eigenvalue weighted by molar-refractivity contribution is -0.120. The molecule has 2 amide bonds. The molecule has 1 aliphatic heterocycles. The van der Waals surface area contributed by atoms with Gasteiger partial charge >= 0.3 is 5.97 Å². The molecule has 0 spiro atoms. The Kier molecular flexibility index (Phi) is 6.70. The van der Waals surface area contributed by atoms with Crippen molar-refractivity contribution >= 4 is 52.4 Å². The van der Waals surface area contributed by atoms with Crippen molar-refractivity contribution in [3.05, 3.63) is 98.2 Å². The third-order valence-electron chi connectivity index (χ3n) is 5.80. The van der Waals surface area contributed by atoms with Crippen LogP contribution in [-0.4, -0.2) is 17.8 Å². The lowest BCUT2D eigenvalue weighted by Crippen LogP contribution is -2.32. The molecule has 0 fully saturated rings. The number of halogens is 2. The van der Waals surface area contributed by atoms with E-state index in [-0.39, 0.29) is 10.7 Å². The Labute approximate surface area is 213 Å². The minimum atomic E-state index is -0.650. The predicted octanol–water partition coefficient (Wildman–Crippen LogP) is 6.23. The fourth-order valence-electron chi connectivity index (χ4n) is 3.67. The zero-order chi connectivity index (χ0) is 25.4. The van der Waals surface area contributed by atoms with E-state index in [1.54, 1.807) is 36.4 Å². The molecule has 0 unspecified atom stereocenters. The van der Waals surface area contributed by atoms with Crippen molar-refractivity contribution in [2.75, 3.05) is 10.2 Å². The zero-order valence-electron chi connectivity index (χ0n) is 19.5. The highest BCUT2D eigenvalue weighted by atomic mass is 35.5. The van der Waals surface area contributed by atoms with E-state index in [2.05, 4.69) is 5.32 Å². The predicted molar refractivity (Wildman–Crippen MR) is 137 cm³/mol. The van der Waals surface area contributed by atoms with Crippen molar-refractivity contribution in [3.63, 3.8) is 0 Å². The van der Waals surface area contributed by atoms with Crippen molar-refractivity contribution in [2.45, 2.75) is 27.7 Å². The summed E-state index contributed by atoms with van der Waals surface area (Å²) in [6.07, 6.45) is 0. The summed E-state index contributed by atoms with van der Waals surface area (Å²) in [6.45, 7) is 7.62. The Hall–Kier alpha value is -3.61. The number of benzene rings is 3. The lowest BCUT2D eigenvalue weighted by Gasteiger charge is -2.16. The minimum absolute atomic E-state index is 0.0606. The number of ether oxygens (including phenoxy) is 1. The molecular weight excluding hydrogens is 487 g/mol. The normalized spacial score (nSPS) is 13.5. The topological polar surface area (TPSA) is 75.7 Å². The van der Waals surface area contributed by atoms with E-state index in [0.717, 1.165) is 27.2 Å². The van der Waals surface area contributed by atoms with Crippen LogP contribution in [0.15, 0.2) is 65.3 Å². The molecule has 0 atom stereocenters. The molecule has 4 rings (SSSR count). The maximum Gasteiger partial charge on any atom is 0.343 e. The first kappa shape index (κ1) is 24.5. The van der Waals surface area contributed by atoms with E-state index < -0.39 is 17.8 Å². The first-order chi connectivity index (χ1) is 16.6. The van der Waals surface area contributed by atoms with Crippen molar-refractivity contribution < 1.29 is 19.1 Å². The molecule has 0 radical (unpaired) electrons. The number of imide groups is 1. The quantitative estimate of drug-likeness (QED) is 0.251. The smallest absolute Gasteiger partial charge is 0.343 e. The van der Waals surface area contributed by atoms with Gasteiger partial charge in [0.25, 0.3) is 11.8 Å². The van der Waals surface area contributed by atoms with Crippen LogP contribution in [0.4, 0.5) is 11.4 Å². The number of rotatable bonds is 5. The number of nitrogens with one attached hydrogen (secondary N) is 1. The Morgan fingerprint density at radius 3 is 2.20 bits per heavy atom. The SMILES string of the molecule is Cc1cc(C)c(C)c(OC(=O)c2ccc(NC3=C(Cl)C(=O)N(c4ccc(C)c(Cl)c4)C3=O)cc2)c1. The molecule has 178 valence electrons. The van der Waals surface area contributed by atoms with Crippen LogP contribution in [0.2, 0.25) is 5.02 Å². The van der Waals surface area contributed by atoms with Crippen molar-refractivity contribution in [3.8, 4) is 5.75 Å². The van der Waals surface area contributed by atoms with Gasteiger partial charge < -0.3 is 10.1 Å². The van der Waals surface area contributed by atoms with Gasteiger partial charge in [-0.15, -0.1) is 0 Å². The van der Waals surface area contributed by atoms with Gasteiger partial charge in [0.15, 0.2) is 0 Å². The van der Waals surface area contributed by atoms with E-state index in [1.165, 1.54) is 6.07 Å². The molecule has 0 bridgehead atoms. The summed E-state index contributed by atoms with van der Waals surface area (Å²) in [5.74, 6) is -1.24. The molecule has 0 aromatic heterocycles. The number of esters is 1. The van der Waals surface area contributed by atoms with E-state index in [1.807, 2.05) is 39.8 Å². The summed E-state index contributed by atoms with van der Waals surface area (Å²) in [7, 11) is 0. The summed E-state index contributed by atoms with van der Waals surface area (Å²) in [5.41, 5.74) is 4.82. The number of hydrogen-bond donors (Lipinski definition) is 1. The number of hydrogen-bond acceptors (Lipinski definition) is 5. The van der Waals surface area contributed by atoms with Crippen molar-refractivity contribution in [1.29, 1.82) is 0 Å². The first-order valence-corrected chi connectivity index (χ1v) is 11.5. The zero-order valence-corrected chi connectivity index (χ0v) is 21.0. The second kappa shape index (κ2) is 9.56. The third-order valence-corrected chi connectivity index (χ3v) is 6.56. The number of amides is 2. The molecule has 0 saturated heterocycles. The van der Waals surface area contributed by atoms with E-state index in [9.17, 15) is 14.4 Å². The summed E-state index contributed by atoms with van der Waals surface area (Å²) in [5, 5.41) is 3.08. The van der Waals surface area contributed by atoms with Gasteiger partial charge in [0.1, 0.15) is 16.5 Å². The van der Waals surface area contributed by atoms with Gasteiger partial charge in [-0.05, 0) is 92.4 Å². The average Bonchev–Trinajstić information content (AvgIpc) is 3.02. The maximum atomic E-state index is 13.0. The summed E-state index contributed by atoms with van der Waals surface area (Å²) in [4.78, 5) is 39.3. The van der Waals surface area contributed by atoms with E-state index in [4.69, 9.17) is 27.9 Å². The van der Waals surface area contributed by atoms with Gasteiger partial charge in [-0.2, -0.15) is 0 Å². The average molecular weight is 509 g/mol. The fourth-order valence-corrected chi connectivity index (χ4v) is 4.05. The minimum Gasteiger partial charge on any atom is -0.423 e. The standard InChI is InChI=1S/C27H22Cl2N2O4/c1-14-11-16(3)17(4)22(12-14)35-27(34)18-6-8-19(9-7-18)30-24-23(29)25(32)31(26(24)33)20-10-5-15(2)21(28)13-20/h5-13,30H,1-4H3. The molecule has 1 aliphatic rings. The van der Waals surface area contributed by atoms with E-state index in [0.29, 0.717) is 27.7 Å². The Morgan fingerprint density at radius 2 is 1.54 bits per heavy atom. The van der Waals surface area contributed by atoms with Crippen molar-refractivity contribution in [2.24, 2.45) is 0 Å². The van der Waals surface area contributed by atoms with Gasteiger partial charge in [-0.3, -0.25) is 9.59 Å². The number of nitrogens with zero attached hydrogens (tertiary/aromatic N) is 1. The van der Waals surface area contributed by atoms with Gasteiger partial charge in [-0.25, -0.2) is 9.69 Å². The Bertz CT molecular complexity index is 1410. The number of carbonyl (C=O) groups is 3. The summed E-state index contributed by atoms with van der Waals surface area (Å²) >= 11 is 12.4. The van der Waals surface area contributed by atoms with Crippen LogP contribution >= 0.6 is 23.2 Å². The molecule has 0 aliphatic carbocycles. The fraction of sp³-hybridized carbons (Fsp3) is 0.148. The van der Waals surface area contributed by atoms with Crippen LogP contribution < -0.4 is 15.0 Å². The summed E-state index contributed by atoms with van der Waals surface area (Å²) in [6, 6.07) is 15.1. The largest absolute Gasteiger partial charge is 0.423 e. The molecule has 35 heavy (non-hydrogen) atoms. The molecule has 1 N–H and O–H groups in total. The van der Waals surface area contributed by atoms with Gasteiger partial charge in [-0.1, -0.05) is 35.3 Å². The Balaban J connectivity index is 1.50. The molecule has 1 heterocycles. The maximum absolute atomic E-state index is 13.0. The molecule has 8 heteroatoms. The van der Waals surface area contributed by atoms with Crippen LogP contribution in [-0.2, 0) is 9.59 Å². The van der Waals surface area contributed by atoms with Crippen LogP contribution in [0.5, 0.6) is 5.75 Å². The Morgan fingerprint density at radius 1 is 0.857 bits per heavy atom. The van der Waals surface area contributed by atoms with Gasteiger partial charge in [0.05, 0.1) is 11.3 Å². The molecule has 3 aromatic rings. The van der Waals surface area contributed by atoms with Crippen molar-refractivity contribution in [1.82, 2.24) is 0 Å². The molecule has 0 saturated carbocycles. The monoisotopic (exact) mass is 508 g/mol. The van der Waals surface area contributed by atoms with Crippen LogP contribution in [0, 0.1) is 27.7 Å². The number of anilines is 2. The van der Waals surface area contributed by atoms with Gasteiger partial charge in [0, 0.05) is 10.7 Å². The highest BCUT2D eigenvalue weighted by Gasteiger charge is 2.39. The van der Waals surface area contributed by atoms with Crippen LogP contribution in [0.25, 0.3) is 0 Å². The first-order valence-electron chi connectivity index (χ1n) is 10.8. The third kappa shape index (κ3) is 4.81. The van der Waals surface area contributed by atoms with E-state index >= 15 is 0 Å². The highest BCUT2D eigenvalue weighted by Crippen LogP contribution is 2.32. The number of carbonyl (C=O) groups excluding carboxylic acids is 3. The second-order valence-electron chi connectivity index (χ2n) is 8.37. The molecule has 3 aromatic carbocycles. The molecular formula is C27H22Cl2N2O4. The highest BCUT2D eigenvalue weighted by molar-refractivity contribution is 6.53. The lowest BCUT2D eigenvalue weighted by atomic mass is 10.1.